The summed E-state index contributed by atoms with van der Waals surface area (Å²) in [6.07, 6.45) is 4.30. The lowest BCUT2D eigenvalue weighted by atomic mass is 9.93. The molecule has 0 saturated carbocycles. The molecule has 2 aliphatic heterocycles. The van der Waals surface area contributed by atoms with Gasteiger partial charge in [-0.2, -0.15) is 0 Å². The summed E-state index contributed by atoms with van der Waals surface area (Å²) in [5, 5.41) is 0. The fraction of sp³-hybridized carbons (Fsp3) is 0.458. The molecule has 1 atom stereocenters. The lowest BCUT2D eigenvalue weighted by molar-refractivity contribution is -0.172. The summed E-state index contributed by atoms with van der Waals surface area (Å²) in [7, 11) is 0. The van der Waals surface area contributed by atoms with Gasteiger partial charge in [-0.1, -0.05) is 18.6 Å². The first-order valence-electron chi connectivity index (χ1n) is 10.7. The van der Waals surface area contributed by atoms with Crippen molar-refractivity contribution in [1.29, 1.82) is 0 Å². The van der Waals surface area contributed by atoms with E-state index in [9.17, 15) is 13.6 Å². The highest BCUT2D eigenvalue weighted by Crippen LogP contribution is 2.36. The lowest BCUT2D eigenvalue weighted by Crippen LogP contribution is -2.45. The van der Waals surface area contributed by atoms with Crippen LogP contribution in [0.15, 0.2) is 48.5 Å². The highest BCUT2D eigenvalue weighted by molar-refractivity contribution is 6.00. The van der Waals surface area contributed by atoms with Crippen LogP contribution in [0.3, 0.4) is 0 Å². The molecule has 30 heavy (non-hydrogen) atoms. The van der Waals surface area contributed by atoms with Gasteiger partial charge in [0.15, 0.2) is 11.6 Å². The maximum Gasteiger partial charge on any atom is 0.195 e. The number of rotatable bonds is 7. The summed E-state index contributed by atoms with van der Waals surface area (Å²) in [5.41, 5.74) is 1.37. The number of hydrogen-bond donors (Lipinski definition) is 0. The molecule has 1 unspecified atom stereocenters. The van der Waals surface area contributed by atoms with E-state index in [0.29, 0.717) is 25.2 Å². The van der Waals surface area contributed by atoms with Crippen LogP contribution in [0.4, 0.5) is 8.78 Å². The van der Waals surface area contributed by atoms with Crippen LogP contribution < -0.4 is 0 Å². The molecule has 0 spiro atoms. The van der Waals surface area contributed by atoms with Gasteiger partial charge in [0, 0.05) is 17.5 Å². The van der Waals surface area contributed by atoms with Gasteiger partial charge in [-0.25, -0.2) is 8.78 Å². The number of carbonyl (C=O) groups excluding carboxylic acids is 1. The van der Waals surface area contributed by atoms with Crippen LogP contribution in [-0.4, -0.2) is 43.0 Å². The molecule has 6 heteroatoms. The number of carbonyl (C=O) groups is 1. The predicted octanol–water partition coefficient (Wildman–Crippen LogP) is 4.68. The molecule has 2 aliphatic rings. The Morgan fingerprint density at radius 1 is 0.967 bits per heavy atom. The maximum atomic E-state index is 13.3. The molecule has 4 nitrogen and oxygen atoms in total. The molecule has 0 radical (unpaired) electrons. The third kappa shape index (κ3) is 4.61. The molecule has 4 rings (SSSR count). The first-order chi connectivity index (χ1) is 14.6. The molecule has 0 N–H and O–H groups in total. The molecule has 2 aromatic rings. The van der Waals surface area contributed by atoms with E-state index in [1.165, 1.54) is 24.3 Å². The Hall–Kier alpha value is -2.15. The van der Waals surface area contributed by atoms with Crippen molar-refractivity contribution < 1.29 is 23.0 Å². The number of halogens is 2. The van der Waals surface area contributed by atoms with Crippen molar-refractivity contribution >= 4 is 5.78 Å². The minimum atomic E-state index is -0.847. The molecule has 2 saturated heterocycles. The molecular weight excluding hydrogens is 388 g/mol. The van der Waals surface area contributed by atoms with E-state index in [1.807, 2.05) is 0 Å². The Labute approximate surface area is 175 Å². The smallest absolute Gasteiger partial charge is 0.195 e. The number of nitrogens with zero attached hydrogens (tertiary/aromatic N) is 1. The summed E-state index contributed by atoms with van der Waals surface area (Å²) in [6.45, 7) is 2.62. The highest BCUT2D eigenvalue weighted by Gasteiger charge is 2.38. The molecule has 2 aromatic carbocycles. The van der Waals surface area contributed by atoms with Gasteiger partial charge in [0.05, 0.1) is 19.3 Å². The Bertz CT molecular complexity index is 848. The van der Waals surface area contributed by atoms with Crippen molar-refractivity contribution in [3.8, 4) is 0 Å². The molecule has 2 fully saturated rings. The van der Waals surface area contributed by atoms with Crippen LogP contribution in [0.1, 0.15) is 48.0 Å². The van der Waals surface area contributed by atoms with Gasteiger partial charge in [-0.15, -0.1) is 0 Å². The van der Waals surface area contributed by atoms with Crippen molar-refractivity contribution in [2.75, 3.05) is 26.3 Å². The largest absolute Gasteiger partial charge is 0.343 e. The number of likely N-dealkylation sites (tertiary alicyclic amines) is 1. The summed E-state index contributed by atoms with van der Waals surface area (Å²) < 4.78 is 38.4. The number of ether oxygens (including phenoxy) is 2. The van der Waals surface area contributed by atoms with E-state index in [4.69, 9.17) is 9.47 Å². The average Bonchev–Trinajstić information content (AvgIpc) is 3.24. The van der Waals surface area contributed by atoms with Crippen LogP contribution in [0.5, 0.6) is 0 Å². The van der Waals surface area contributed by atoms with E-state index < -0.39 is 5.79 Å². The summed E-state index contributed by atoms with van der Waals surface area (Å²) in [4.78, 5) is 15.2. The second-order valence-corrected chi connectivity index (χ2v) is 7.98. The van der Waals surface area contributed by atoms with Gasteiger partial charge in [0.1, 0.15) is 11.6 Å². The number of piperidine rings is 1. The fourth-order valence-electron chi connectivity index (χ4n) is 4.49. The van der Waals surface area contributed by atoms with E-state index in [-0.39, 0.29) is 23.5 Å². The Morgan fingerprint density at radius 3 is 2.27 bits per heavy atom. The van der Waals surface area contributed by atoms with Crippen LogP contribution in [0.25, 0.3) is 0 Å². The standard InChI is InChI=1S/C24H27F2NO3/c25-20-9-5-18(6-10-20)23(28)22-4-1-2-14-27(22)15-3-13-24(29-16-17-30-24)19-7-11-21(26)12-8-19/h5-12,22H,1-4,13-17H2. The van der Waals surface area contributed by atoms with Gasteiger partial charge < -0.3 is 9.47 Å². The van der Waals surface area contributed by atoms with Gasteiger partial charge >= 0.3 is 0 Å². The molecule has 2 heterocycles. The Morgan fingerprint density at radius 2 is 1.60 bits per heavy atom. The molecule has 160 valence electrons. The Kier molecular flexibility index (Phi) is 6.56. The average molecular weight is 415 g/mol. The summed E-state index contributed by atoms with van der Waals surface area (Å²) in [5.74, 6) is -1.42. The topological polar surface area (TPSA) is 38.8 Å². The molecule has 0 amide bonds. The summed E-state index contributed by atoms with van der Waals surface area (Å²) in [6, 6.07) is 11.9. The maximum absolute atomic E-state index is 13.3. The van der Waals surface area contributed by atoms with Crippen molar-refractivity contribution in [3.05, 3.63) is 71.3 Å². The van der Waals surface area contributed by atoms with Crippen LogP contribution in [-0.2, 0) is 15.3 Å². The third-order valence-electron chi connectivity index (χ3n) is 6.03. The van der Waals surface area contributed by atoms with E-state index in [2.05, 4.69) is 4.90 Å². The molecule has 0 aliphatic carbocycles. The second-order valence-electron chi connectivity index (χ2n) is 7.98. The number of Topliss-reactive ketones (excluding diaryl/α,β-unsaturated/α-hetero) is 1. The highest BCUT2D eigenvalue weighted by atomic mass is 19.1. The normalized spacial score (nSPS) is 21.6. The van der Waals surface area contributed by atoms with Gasteiger partial charge in [-0.05, 0) is 68.8 Å². The SMILES string of the molecule is O=C(c1ccc(F)cc1)C1CCCCN1CCCC1(c2ccc(F)cc2)OCCO1. The fourth-order valence-corrected chi connectivity index (χ4v) is 4.49. The Balaban J connectivity index is 1.41. The van der Waals surface area contributed by atoms with E-state index >= 15 is 0 Å². The van der Waals surface area contributed by atoms with Crippen LogP contribution in [0, 0.1) is 11.6 Å². The minimum absolute atomic E-state index is 0.0521. The molecule has 0 bridgehead atoms. The third-order valence-corrected chi connectivity index (χ3v) is 6.03. The second kappa shape index (κ2) is 9.33. The number of ketones is 1. The van der Waals surface area contributed by atoms with Crippen LogP contribution >= 0.6 is 0 Å². The zero-order valence-corrected chi connectivity index (χ0v) is 17.0. The van der Waals surface area contributed by atoms with Crippen molar-refractivity contribution in [2.45, 2.75) is 43.9 Å². The summed E-state index contributed by atoms with van der Waals surface area (Å²) >= 11 is 0. The zero-order chi connectivity index (χ0) is 21.0. The van der Waals surface area contributed by atoms with E-state index in [0.717, 1.165) is 44.3 Å². The predicted molar refractivity (Wildman–Crippen MR) is 109 cm³/mol. The van der Waals surface area contributed by atoms with Gasteiger partial charge in [0.2, 0.25) is 0 Å². The van der Waals surface area contributed by atoms with Crippen molar-refractivity contribution in [1.82, 2.24) is 4.90 Å². The first-order valence-corrected chi connectivity index (χ1v) is 10.7. The van der Waals surface area contributed by atoms with Gasteiger partial charge in [-0.3, -0.25) is 9.69 Å². The van der Waals surface area contributed by atoms with E-state index in [1.54, 1.807) is 24.3 Å². The monoisotopic (exact) mass is 415 g/mol. The molecular formula is C24H27F2NO3. The molecule has 0 aromatic heterocycles. The lowest BCUT2D eigenvalue weighted by Gasteiger charge is -2.36. The first kappa shape index (κ1) is 21.1. The number of benzene rings is 2. The quantitative estimate of drug-likeness (QED) is 0.616. The minimum Gasteiger partial charge on any atom is -0.343 e. The van der Waals surface area contributed by atoms with Crippen LogP contribution in [0.2, 0.25) is 0 Å². The zero-order valence-electron chi connectivity index (χ0n) is 17.0. The van der Waals surface area contributed by atoms with Crippen molar-refractivity contribution in [3.63, 3.8) is 0 Å². The van der Waals surface area contributed by atoms with Crippen molar-refractivity contribution in [2.24, 2.45) is 0 Å². The van der Waals surface area contributed by atoms with Gasteiger partial charge in [0.25, 0.3) is 0 Å². The number of hydrogen-bond acceptors (Lipinski definition) is 4.